The maximum atomic E-state index is 13.2. The van der Waals surface area contributed by atoms with Crippen LogP contribution in [0.1, 0.15) is 17.2 Å². The molecule has 0 radical (unpaired) electrons. The van der Waals surface area contributed by atoms with Crippen LogP contribution in [-0.2, 0) is 4.79 Å². The molecule has 0 unspecified atom stereocenters. The fourth-order valence-corrected chi connectivity index (χ4v) is 4.48. The molecule has 0 spiro atoms. The number of ether oxygens (including phenoxy) is 1. The predicted molar refractivity (Wildman–Crippen MR) is 110 cm³/mol. The van der Waals surface area contributed by atoms with Gasteiger partial charge in [-0.05, 0) is 29.8 Å². The molecule has 1 atom stereocenters. The third-order valence-electron chi connectivity index (χ3n) is 4.64. The van der Waals surface area contributed by atoms with E-state index < -0.39 is 0 Å². The summed E-state index contributed by atoms with van der Waals surface area (Å²) in [5, 5.41) is 9.23. The van der Waals surface area contributed by atoms with Crippen LogP contribution in [0, 0.1) is 11.3 Å². The van der Waals surface area contributed by atoms with Crippen molar-refractivity contribution in [3.05, 3.63) is 90.0 Å². The first-order valence-electron chi connectivity index (χ1n) is 8.98. The molecule has 1 heterocycles. The molecule has 0 N–H and O–H groups in total. The quantitative estimate of drug-likeness (QED) is 0.645. The minimum atomic E-state index is -0.130. The van der Waals surface area contributed by atoms with Gasteiger partial charge in [0.05, 0.1) is 17.3 Å². The van der Waals surface area contributed by atoms with Crippen LogP contribution in [0.2, 0.25) is 0 Å². The van der Waals surface area contributed by atoms with Gasteiger partial charge in [-0.15, -0.1) is 11.8 Å². The highest BCUT2D eigenvalue weighted by Crippen LogP contribution is 2.43. The number of thioether (sulfide) groups is 1. The molecule has 138 valence electrons. The van der Waals surface area contributed by atoms with Gasteiger partial charge in [0.15, 0.2) is 6.61 Å². The monoisotopic (exact) mass is 386 g/mol. The number of amides is 1. The summed E-state index contributed by atoms with van der Waals surface area (Å²) < 4.78 is 5.72. The third-order valence-corrected chi connectivity index (χ3v) is 5.78. The Kier molecular flexibility index (Phi) is 5.31. The Morgan fingerprint density at radius 2 is 1.75 bits per heavy atom. The topological polar surface area (TPSA) is 53.3 Å². The molecule has 0 bridgehead atoms. The molecule has 3 aromatic rings. The van der Waals surface area contributed by atoms with Gasteiger partial charge in [-0.2, -0.15) is 5.26 Å². The first-order chi connectivity index (χ1) is 13.8. The SMILES string of the molecule is N#Cc1ccccc1OCC(=O)N1c2ccccc2SC[C@@H]1c1ccccc1. The van der Waals surface area contributed by atoms with Crippen molar-refractivity contribution in [2.45, 2.75) is 10.9 Å². The van der Waals surface area contributed by atoms with E-state index in [0.717, 1.165) is 21.9 Å². The molecule has 0 fully saturated rings. The molecule has 5 heteroatoms. The Labute approximate surface area is 168 Å². The fourth-order valence-electron chi connectivity index (χ4n) is 3.31. The van der Waals surface area contributed by atoms with Crippen molar-refractivity contribution < 1.29 is 9.53 Å². The largest absolute Gasteiger partial charge is 0.482 e. The summed E-state index contributed by atoms with van der Waals surface area (Å²) in [6.07, 6.45) is 0. The number of anilines is 1. The molecule has 4 nitrogen and oxygen atoms in total. The molecule has 28 heavy (non-hydrogen) atoms. The summed E-state index contributed by atoms with van der Waals surface area (Å²) >= 11 is 1.76. The normalized spacial score (nSPS) is 15.4. The summed E-state index contributed by atoms with van der Waals surface area (Å²) in [4.78, 5) is 16.1. The van der Waals surface area contributed by atoms with E-state index in [4.69, 9.17) is 4.74 Å². The van der Waals surface area contributed by atoms with Crippen molar-refractivity contribution in [3.8, 4) is 11.8 Å². The number of rotatable bonds is 4. The molecule has 0 saturated heterocycles. The number of hydrogen-bond acceptors (Lipinski definition) is 4. The zero-order valence-corrected chi connectivity index (χ0v) is 15.9. The highest BCUT2D eigenvalue weighted by atomic mass is 32.2. The lowest BCUT2D eigenvalue weighted by Gasteiger charge is -2.37. The molecule has 3 aromatic carbocycles. The number of nitrogens with zero attached hydrogens (tertiary/aromatic N) is 2. The second kappa shape index (κ2) is 8.20. The fraction of sp³-hybridized carbons (Fsp3) is 0.130. The number of nitriles is 1. The van der Waals surface area contributed by atoms with Gasteiger partial charge in [0, 0.05) is 10.6 Å². The molecular formula is C23H18N2O2S. The summed E-state index contributed by atoms with van der Waals surface area (Å²) in [5.41, 5.74) is 2.41. The van der Waals surface area contributed by atoms with Crippen LogP contribution in [0.4, 0.5) is 5.69 Å². The maximum absolute atomic E-state index is 13.2. The first-order valence-corrected chi connectivity index (χ1v) is 9.97. The van der Waals surface area contributed by atoms with E-state index >= 15 is 0 Å². The Morgan fingerprint density at radius 1 is 1.04 bits per heavy atom. The summed E-state index contributed by atoms with van der Waals surface area (Å²) in [7, 11) is 0. The molecule has 4 rings (SSSR count). The van der Waals surface area contributed by atoms with E-state index in [1.807, 2.05) is 59.5 Å². The second-order valence-electron chi connectivity index (χ2n) is 6.37. The highest BCUT2D eigenvalue weighted by molar-refractivity contribution is 7.99. The van der Waals surface area contributed by atoms with Crippen LogP contribution >= 0.6 is 11.8 Å². The van der Waals surface area contributed by atoms with Crippen LogP contribution in [0.15, 0.2) is 83.8 Å². The van der Waals surface area contributed by atoms with Crippen molar-refractivity contribution in [2.24, 2.45) is 0 Å². The highest BCUT2D eigenvalue weighted by Gasteiger charge is 2.32. The average Bonchev–Trinajstić information content (AvgIpc) is 2.77. The molecule has 1 amide bonds. The number of fused-ring (bicyclic) bond motifs is 1. The number of carbonyl (C=O) groups is 1. The van der Waals surface area contributed by atoms with Gasteiger partial charge in [0.1, 0.15) is 11.8 Å². The minimum absolute atomic E-state index is 0.0663. The van der Waals surface area contributed by atoms with Crippen LogP contribution < -0.4 is 9.64 Å². The zero-order valence-electron chi connectivity index (χ0n) is 15.1. The van der Waals surface area contributed by atoms with Crippen LogP contribution in [0.5, 0.6) is 5.75 Å². The number of hydrogen-bond donors (Lipinski definition) is 0. The van der Waals surface area contributed by atoms with Gasteiger partial charge in [-0.3, -0.25) is 9.69 Å². The molecule has 1 aliphatic heterocycles. The lowest BCUT2D eigenvalue weighted by molar-refractivity contribution is -0.121. The van der Waals surface area contributed by atoms with Crippen molar-refractivity contribution in [3.63, 3.8) is 0 Å². The van der Waals surface area contributed by atoms with Gasteiger partial charge < -0.3 is 4.74 Å². The van der Waals surface area contributed by atoms with Gasteiger partial charge in [0.25, 0.3) is 5.91 Å². The molecule has 0 aliphatic carbocycles. The molecule has 1 aliphatic rings. The van der Waals surface area contributed by atoms with Gasteiger partial charge in [-0.1, -0.05) is 54.6 Å². The number of para-hydroxylation sites is 2. The van der Waals surface area contributed by atoms with Crippen molar-refractivity contribution in [1.29, 1.82) is 5.26 Å². The summed E-state index contributed by atoms with van der Waals surface area (Å²) in [5.74, 6) is 1.07. The lowest BCUT2D eigenvalue weighted by Crippen LogP contribution is -2.41. The first kappa shape index (κ1) is 18.1. The number of carbonyl (C=O) groups excluding carboxylic acids is 1. The van der Waals surface area contributed by atoms with Gasteiger partial charge in [-0.25, -0.2) is 0 Å². The molecule has 0 saturated carbocycles. The predicted octanol–water partition coefficient (Wildman–Crippen LogP) is 4.82. The number of benzene rings is 3. The van der Waals surface area contributed by atoms with E-state index in [2.05, 4.69) is 6.07 Å². The molecular weight excluding hydrogens is 368 g/mol. The Hall–Kier alpha value is -3.23. The molecule has 0 aromatic heterocycles. The maximum Gasteiger partial charge on any atom is 0.265 e. The van der Waals surface area contributed by atoms with E-state index in [0.29, 0.717) is 11.3 Å². The minimum Gasteiger partial charge on any atom is -0.482 e. The van der Waals surface area contributed by atoms with E-state index in [1.54, 1.807) is 36.0 Å². The van der Waals surface area contributed by atoms with E-state index in [-0.39, 0.29) is 18.6 Å². The van der Waals surface area contributed by atoms with Crippen molar-refractivity contribution in [1.82, 2.24) is 0 Å². The lowest BCUT2D eigenvalue weighted by atomic mass is 10.1. The van der Waals surface area contributed by atoms with Crippen molar-refractivity contribution >= 4 is 23.4 Å². The average molecular weight is 386 g/mol. The third kappa shape index (κ3) is 3.60. The Balaban J connectivity index is 1.63. The second-order valence-corrected chi connectivity index (χ2v) is 7.43. The van der Waals surface area contributed by atoms with Crippen LogP contribution in [0.3, 0.4) is 0 Å². The van der Waals surface area contributed by atoms with Gasteiger partial charge in [0.2, 0.25) is 0 Å². The smallest absolute Gasteiger partial charge is 0.265 e. The van der Waals surface area contributed by atoms with E-state index in [1.165, 1.54) is 0 Å². The van der Waals surface area contributed by atoms with Crippen molar-refractivity contribution in [2.75, 3.05) is 17.3 Å². The van der Waals surface area contributed by atoms with Crippen LogP contribution in [-0.4, -0.2) is 18.3 Å². The Morgan fingerprint density at radius 3 is 2.57 bits per heavy atom. The standard InChI is InChI=1S/C23H18N2O2S/c24-14-18-10-4-6-12-21(18)27-15-23(26)25-19-11-5-7-13-22(19)28-16-20(25)17-8-2-1-3-9-17/h1-13,20H,15-16H2/t20-/m1/s1. The van der Waals surface area contributed by atoms with E-state index in [9.17, 15) is 10.1 Å². The Bertz CT molecular complexity index is 1030. The summed E-state index contributed by atoms with van der Waals surface area (Å²) in [6, 6.07) is 27.0. The zero-order chi connectivity index (χ0) is 19.3. The summed E-state index contributed by atoms with van der Waals surface area (Å²) in [6.45, 7) is -0.124. The van der Waals surface area contributed by atoms with Gasteiger partial charge >= 0.3 is 0 Å². The van der Waals surface area contributed by atoms with Crippen LogP contribution in [0.25, 0.3) is 0 Å².